The largest absolute Gasteiger partial charge is 0.387 e. The van der Waals surface area contributed by atoms with Crippen LogP contribution in [0.2, 0.25) is 0 Å². The molecule has 24 heavy (non-hydrogen) atoms. The highest BCUT2D eigenvalue weighted by atomic mass is 35.5. The van der Waals surface area contributed by atoms with Gasteiger partial charge >= 0.3 is 0 Å². The van der Waals surface area contributed by atoms with Gasteiger partial charge in [-0.2, -0.15) is 0 Å². The Balaban J connectivity index is 0.00000288. The van der Waals surface area contributed by atoms with Crippen LogP contribution in [0.3, 0.4) is 0 Å². The zero-order chi connectivity index (χ0) is 16.8. The number of hydrogen-bond donors (Lipinski definition) is 2. The molecule has 1 aromatic rings. The molecule has 1 aliphatic carbocycles. The van der Waals surface area contributed by atoms with Gasteiger partial charge in [-0.05, 0) is 48.9 Å². The van der Waals surface area contributed by atoms with E-state index in [1.54, 1.807) is 17.0 Å². The third-order valence-electron chi connectivity index (χ3n) is 3.99. The Morgan fingerprint density at radius 2 is 1.92 bits per heavy atom. The molecule has 136 valence electrons. The van der Waals surface area contributed by atoms with Crippen molar-refractivity contribution in [3.63, 3.8) is 0 Å². The number of halogens is 2. The van der Waals surface area contributed by atoms with Crippen molar-refractivity contribution in [1.29, 1.82) is 0 Å². The number of nitrogens with one attached hydrogen (secondary N) is 1. The van der Waals surface area contributed by atoms with Crippen LogP contribution in [-0.4, -0.2) is 42.1 Å². The lowest BCUT2D eigenvalue weighted by atomic mass is 10.1. The van der Waals surface area contributed by atoms with Gasteiger partial charge in [0.1, 0.15) is 5.82 Å². The van der Waals surface area contributed by atoms with Crippen LogP contribution >= 0.6 is 12.4 Å². The molecule has 1 unspecified atom stereocenters. The molecule has 2 N–H and O–H groups in total. The smallest absolute Gasteiger partial charge is 0.236 e. The highest BCUT2D eigenvalue weighted by molar-refractivity contribution is 5.85. The molecule has 0 radical (unpaired) electrons. The monoisotopic (exact) mass is 358 g/mol. The summed E-state index contributed by atoms with van der Waals surface area (Å²) in [6.07, 6.45) is 1.70. The summed E-state index contributed by atoms with van der Waals surface area (Å²) in [5.41, 5.74) is 0.624. The summed E-state index contributed by atoms with van der Waals surface area (Å²) in [6.45, 7) is 6.11. The predicted octanol–water partition coefficient (Wildman–Crippen LogP) is 2.77. The fourth-order valence-corrected chi connectivity index (χ4v) is 2.54. The van der Waals surface area contributed by atoms with E-state index in [0.29, 0.717) is 24.6 Å². The van der Waals surface area contributed by atoms with E-state index in [1.165, 1.54) is 25.0 Å². The molecule has 1 amide bonds. The van der Waals surface area contributed by atoms with Crippen molar-refractivity contribution in [2.24, 2.45) is 11.8 Å². The molecule has 1 aromatic carbocycles. The van der Waals surface area contributed by atoms with E-state index in [9.17, 15) is 14.3 Å². The first-order valence-electron chi connectivity index (χ1n) is 8.37. The second-order valence-electron chi connectivity index (χ2n) is 6.83. The Bertz CT molecular complexity index is 506. The van der Waals surface area contributed by atoms with Gasteiger partial charge in [-0.15, -0.1) is 12.4 Å². The van der Waals surface area contributed by atoms with Crippen LogP contribution < -0.4 is 5.32 Å². The van der Waals surface area contributed by atoms with Crippen molar-refractivity contribution in [1.82, 2.24) is 10.2 Å². The van der Waals surface area contributed by atoms with Crippen LogP contribution in [0.5, 0.6) is 0 Å². The van der Waals surface area contributed by atoms with Crippen LogP contribution in [-0.2, 0) is 4.79 Å². The Kier molecular flexibility index (Phi) is 8.67. The molecular formula is C18H28ClFN2O2. The summed E-state index contributed by atoms with van der Waals surface area (Å²) in [5, 5.41) is 13.5. The first-order valence-corrected chi connectivity index (χ1v) is 8.37. The molecule has 0 aliphatic heterocycles. The van der Waals surface area contributed by atoms with Gasteiger partial charge in [0.05, 0.1) is 19.2 Å². The first kappa shape index (κ1) is 20.9. The number of nitrogens with zero attached hydrogens (tertiary/aromatic N) is 1. The summed E-state index contributed by atoms with van der Waals surface area (Å²) >= 11 is 0. The van der Waals surface area contributed by atoms with Gasteiger partial charge in [-0.1, -0.05) is 26.0 Å². The fraction of sp³-hybridized carbons (Fsp3) is 0.611. The second kappa shape index (κ2) is 9.97. The van der Waals surface area contributed by atoms with Gasteiger partial charge in [0.25, 0.3) is 0 Å². The Labute approximate surface area is 149 Å². The lowest BCUT2D eigenvalue weighted by Crippen LogP contribution is -2.42. The fourth-order valence-electron chi connectivity index (χ4n) is 2.54. The number of carbonyl (C=O) groups excluding carboxylic acids is 1. The summed E-state index contributed by atoms with van der Waals surface area (Å²) < 4.78 is 13.0. The first-order chi connectivity index (χ1) is 11.0. The van der Waals surface area contributed by atoms with E-state index >= 15 is 0 Å². The molecule has 4 nitrogen and oxygen atoms in total. The SMILES string of the molecule is CC(C)CN(CC(O)c1ccc(F)cc1)C(=O)CNCC1CC1.Cl. The van der Waals surface area contributed by atoms with Gasteiger partial charge in [0, 0.05) is 6.54 Å². The third kappa shape index (κ3) is 7.16. The molecule has 0 heterocycles. The van der Waals surface area contributed by atoms with E-state index in [2.05, 4.69) is 5.32 Å². The molecule has 1 fully saturated rings. The Morgan fingerprint density at radius 3 is 2.46 bits per heavy atom. The van der Waals surface area contributed by atoms with Crippen molar-refractivity contribution in [3.05, 3.63) is 35.6 Å². The van der Waals surface area contributed by atoms with Crippen molar-refractivity contribution >= 4 is 18.3 Å². The molecule has 0 bridgehead atoms. The number of aliphatic hydroxyl groups is 1. The zero-order valence-electron chi connectivity index (χ0n) is 14.4. The average molecular weight is 359 g/mol. The van der Waals surface area contributed by atoms with E-state index in [-0.39, 0.29) is 30.7 Å². The standard InChI is InChI=1S/C18H27FN2O2.ClH/c1-13(2)11-21(18(23)10-20-9-14-3-4-14)12-17(22)15-5-7-16(19)8-6-15;/h5-8,13-14,17,20,22H,3-4,9-12H2,1-2H3;1H. The molecule has 1 atom stereocenters. The highest BCUT2D eigenvalue weighted by Crippen LogP contribution is 2.27. The van der Waals surface area contributed by atoms with Crippen molar-refractivity contribution in [2.45, 2.75) is 32.8 Å². The van der Waals surface area contributed by atoms with E-state index in [0.717, 1.165) is 12.5 Å². The quantitative estimate of drug-likeness (QED) is 0.713. The second-order valence-corrected chi connectivity index (χ2v) is 6.83. The number of benzene rings is 1. The maximum absolute atomic E-state index is 13.0. The number of rotatable bonds is 9. The zero-order valence-corrected chi connectivity index (χ0v) is 15.2. The van der Waals surface area contributed by atoms with Crippen molar-refractivity contribution in [2.75, 3.05) is 26.2 Å². The third-order valence-corrected chi connectivity index (χ3v) is 3.99. The van der Waals surface area contributed by atoms with E-state index in [4.69, 9.17) is 0 Å². The normalized spacial score (nSPS) is 15.0. The molecule has 0 aromatic heterocycles. The number of amides is 1. The lowest BCUT2D eigenvalue weighted by molar-refractivity contribution is -0.132. The average Bonchev–Trinajstić information content (AvgIpc) is 3.30. The maximum atomic E-state index is 13.0. The molecule has 1 saturated carbocycles. The van der Waals surface area contributed by atoms with Crippen LogP contribution in [0.25, 0.3) is 0 Å². The predicted molar refractivity (Wildman–Crippen MR) is 95.6 cm³/mol. The molecular weight excluding hydrogens is 331 g/mol. The minimum absolute atomic E-state index is 0. The van der Waals surface area contributed by atoms with Crippen LogP contribution in [0.4, 0.5) is 4.39 Å². The molecule has 0 saturated heterocycles. The Morgan fingerprint density at radius 1 is 1.29 bits per heavy atom. The summed E-state index contributed by atoms with van der Waals surface area (Å²) in [5.74, 6) is 0.717. The number of carbonyl (C=O) groups is 1. The molecule has 2 rings (SSSR count). The van der Waals surface area contributed by atoms with Crippen molar-refractivity contribution < 1.29 is 14.3 Å². The van der Waals surface area contributed by atoms with Gasteiger partial charge in [-0.25, -0.2) is 4.39 Å². The topological polar surface area (TPSA) is 52.6 Å². The van der Waals surface area contributed by atoms with Gasteiger partial charge < -0.3 is 15.3 Å². The van der Waals surface area contributed by atoms with E-state index in [1.807, 2.05) is 13.8 Å². The van der Waals surface area contributed by atoms with Crippen LogP contribution in [0, 0.1) is 17.7 Å². The minimum atomic E-state index is -0.804. The summed E-state index contributed by atoms with van der Waals surface area (Å²) in [6, 6.07) is 5.77. The Hall–Kier alpha value is -1.17. The number of hydrogen-bond acceptors (Lipinski definition) is 3. The maximum Gasteiger partial charge on any atom is 0.236 e. The molecule has 6 heteroatoms. The summed E-state index contributed by atoms with van der Waals surface area (Å²) in [4.78, 5) is 14.1. The molecule has 1 aliphatic rings. The highest BCUT2D eigenvalue weighted by Gasteiger charge is 2.23. The van der Waals surface area contributed by atoms with Crippen LogP contribution in [0.15, 0.2) is 24.3 Å². The van der Waals surface area contributed by atoms with Crippen molar-refractivity contribution in [3.8, 4) is 0 Å². The molecule has 0 spiro atoms. The minimum Gasteiger partial charge on any atom is -0.387 e. The number of aliphatic hydroxyl groups excluding tert-OH is 1. The summed E-state index contributed by atoms with van der Waals surface area (Å²) in [7, 11) is 0. The van der Waals surface area contributed by atoms with Gasteiger partial charge in [0.15, 0.2) is 0 Å². The van der Waals surface area contributed by atoms with E-state index < -0.39 is 6.10 Å². The lowest BCUT2D eigenvalue weighted by Gasteiger charge is -2.27. The van der Waals surface area contributed by atoms with Gasteiger partial charge in [0.2, 0.25) is 5.91 Å². The van der Waals surface area contributed by atoms with Gasteiger partial charge in [-0.3, -0.25) is 4.79 Å². The van der Waals surface area contributed by atoms with Crippen LogP contribution in [0.1, 0.15) is 38.4 Å².